The average Bonchev–Trinajstić information content (AvgIpc) is 2.16. The Morgan fingerprint density at radius 2 is 1.12 bits per heavy atom. The predicted molar refractivity (Wildman–Crippen MR) is 45.8 cm³/mol. The standard InChI is InChI=1S/C8H6O4.C2H4O2.Ag/c9-7(10)5-3-1-2-4-6(5)8(11)12;1-2(3)4;/h1-4H,(H,9,10)(H,11,12);1H3,(H,3,4);/p-3. The summed E-state index contributed by atoms with van der Waals surface area (Å²) in [6.07, 6.45) is 0. The maximum absolute atomic E-state index is 10.3. The van der Waals surface area contributed by atoms with Crippen LogP contribution >= 0.6 is 0 Å². The van der Waals surface area contributed by atoms with E-state index in [1.807, 2.05) is 0 Å². The van der Waals surface area contributed by atoms with Gasteiger partial charge >= 0.3 is 0 Å². The molecule has 1 radical (unpaired) electrons. The van der Waals surface area contributed by atoms with E-state index < -0.39 is 17.9 Å². The van der Waals surface area contributed by atoms with E-state index in [9.17, 15) is 19.8 Å². The van der Waals surface area contributed by atoms with E-state index in [1.165, 1.54) is 12.1 Å². The van der Waals surface area contributed by atoms with Gasteiger partial charge in [-0.2, -0.15) is 0 Å². The van der Waals surface area contributed by atoms with Crippen LogP contribution in [0.4, 0.5) is 0 Å². The Labute approximate surface area is 112 Å². The van der Waals surface area contributed by atoms with Gasteiger partial charge in [-0.15, -0.1) is 0 Å². The fourth-order valence-electron chi connectivity index (χ4n) is 0.839. The molecule has 0 saturated carbocycles. The Balaban J connectivity index is 0. The maximum Gasteiger partial charge on any atom is 0.0721 e. The number of carboxylic acids is 3. The Kier molecular flexibility index (Phi) is 8.89. The van der Waals surface area contributed by atoms with Crippen molar-refractivity contribution in [3.63, 3.8) is 0 Å². The number of aromatic carboxylic acids is 2. The zero-order chi connectivity index (χ0) is 12.7. The van der Waals surface area contributed by atoms with Crippen molar-refractivity contribution >= 4 is 17.9 Å². The molecule has 0 unspecified atom stereocenters. The summed E-state index contributed by atoms with van der Waals surface area (Å²) < 4.78 is 0. The van der Waals surface area contributed by atoms with Gasteiger partial charge in [0, 0.05) is 39.5 Å². The van der Waals surface area contributed by atoms with Gasteiger partial charge in [-0.3, -0.25) is 0 Å². The first-order valence-corrected chi connectivity index (χ1v) is 4.05. The summed E-state index contributed by atoms with van der Waals surface area (Å²) in [6, 6.07) is 5.14. The van der Waals surface area contributed by atoms with Crippen molar-refractivity contribution in [1.29, 1.82) is 0 Å². The fourth-order valence-corrected chi connectivity index (χ4v) is 0.839. The number of hydrogen-bond acceptors (Lipinski definition) is 6. The minimum absolute atomic E-state index is 0. The minimum atomic E-state index is -1.52. The first-order valence-electron chi connectivity index (χ1n) is 4.05. The van der Waals surface area contributed by atoms with Crippen molar-refractivity contribution in [3.8, 4) is 0 Å². The summed E-state index contributed by atoms with van der Waals surface area (Å²) in [6.45, 7) is 0.972. The second-order valence-electron chi connectivity index (χ2n) is 2.61. The topological polar surface area (TPSA) is 120 Å². The van der Waals surface area contributed by atoms with Crippen LogP contribution in [0.3, 0.4) is 0 Å². The number of aliphatic carboxylic acids is 1. The molecule has 0 spiro atoms. The van der Waals surface area contributed by atoms with Gasteiger partial charge in [0.05, 0.1) is 11.9 Å². The molecule has 0 N–H and O–H groups in total. The zero-order valence-electron chi connectivity index (χ0n) is 8.56. The molecule has 1 aromatic carbocycles. The second-order valence-corrected chi connectivity index (χ2v) is 2.61. The summed E-state index contributed by atoms with van der Waals surface area (Å²) in [5, 5.41) is 29.5. The van der Waals surface area contributed by atoms with Crippen LogP contribution in [0.15, 0.2) is 24.3 Å². The number of benzene rings is 1. The molecule has 0 amide bonds. The number of rotatable bonds is 2. The monoisotopic (exact) mass is 330 g/mol. The van der Waals surface area contributed by atoms with E-state index in [0.29, 0.717) is 0 Å². The molecule has 0 aliphatic heterocycles. The molecule has 0 aromatic heterocycles. The Hall–Kier alpha value is -1.63. The molecule has 1 aromatic rings. The molecule has 97 valence electrons. The molecule has 6 nitrogen and oxygen atoms in total. The molecule has 0 heterocycles. The van der Waals surface area contributed by atoms with Gasteiger partial charge in [-0.05, 0) is 6.92 Å². The molecular weight excluding hydrogens is 324 g/mol. The third-order valence-corrected chi connectivity index (χ3v) is 1.37. The van der Waals surface area contributed by atoms with Crippen molar-refractivity contribution in [3.05, 3.63) is 35.4 Å². The van der Waals surface area contributed by atoms with Gasteiger partial charge in [-0.25, -0.2) is 0 Å². The Bertz CT molecular complexity index is 378. The van der Waals surface area contributed by atoms with Gasteiger partial charge in [0.2, 0.25) is 0 Å². The van der Waals surface area contributed by atoms with Crippen molar-refractivity contribution in [2.45, 2.75) is 6.92 Å². The molecule has 0 aliphatic carbocycles. The largest absolute Gasteiger partial charge is 0.550 e. The van der Waals surface area contributed by atoms with Crippen LogP contribution < -0.4 is 15.3 Å². The third kappa shape index (κ3) is 7.29. The minimum Gasteiger partial charge on any atom is -0.550 e. The van der Waals surface area contributed by atoms with E-state index >= 15 is 0 Å². The van der Waals surface area contributed by atoms with Gasteiger partial charge < -0.3 is 29.7 Å². The Morgan fingerprint density at radius 1 is 0.882 bits per heavy atom. The van der Waals surface area contributed by atoms with E-state index in [2.05, 4.69) is 0 Å². The van der Waals surface area contributed by atoms with E-state index in [1.54, 1.807) is 0 Å². The first kappa shape index (κ1) is 17.8. The quantitative estimate of drug-likeness (QED) is 0.539. The van der Waals surface area contributed by atoms with Gasteiger partial charge in [0.25, 0.3) is 0 Å². The van der Waals surface area contributed by atoms with Gasteiger partial charge in [0.1, 0.15) is 0 Å². The summed E-state index contributed by atoms with van der Waals surface area (Å²) in [5.74, 6) is -4.12. The molecule has 17 heavy (non-hydrogen) atoms. The van der Waals surface area contributed by atoms with Crippen molar-refractivity contribution in [2.24, 2.45) is 0 Å². The van der Waals surface area contributed by atoms with Gasteiger partial charge in [0.15, 0.2) is 0 Å². The fraction of sp³-hybridized carbons (Fsp3) is 0.100. The summed E-state index contributed by atoms with van der Waals surface area (Å²) in [7, 11) is 0. The van der Waals surface area contributed by atoms with Crippen LogP contribution in [0, 0.1) is 0 Å². The van der Waals surface area contributed by atoms with Crippen LogP contribution in [0.2, 0.25) is 0 Å². The van der Waals surface area contributed by atoms with Crippen LogP contribution in [0.25, 0.3) is 0 Å². The van der Waals surface area contributed by atoms with E-state index in [-0.39, 0.29) is 33.5 Å². The number of hydrogen-bond donors (Lipinski definition) is 0. The number of carboxylic acid groups (broad SMARTS) is 3. The van der Waals surface area contributed by atoms with Crippen molar-refractivity contribution in [1.82, 2.24) is 0 Å². The molecule has 0 saturated heterocycles. The molecule has 0 aliphatic rings. The molecular formula is C10H7AgO6-3. The summed E-state index contributed by atoms with van der Waals surface area (Å²) in [4.78, 5) is 29.5. The van der Waals surface area contributed by atoms with E-state index in [4.69, 9.17) is 9.90 Å². The SMILES string of the molecule is CC(=O)[O-].O=C([O-])c1ccccc1C(=O)[O-].[Ag]. The third-order valence-electron chi connectivity index (χ3n) is 1.37. The maximum atomic E-state index is 10.3. The molecule has 1 rings (SSSR count). The van der Waals surface area contributed by atoms with E-state index in [0.717, 1.165) is 19.1 Å². The van der Waals surface area contributed by atoms with Crippen molar-refractivity contribution < 1.29 is 52.1 Å². The first-order chi connectivity index (χ1) is 7.36. The molecule has 0 atom stereocenters. The molecule has 0 fully saturated rings. The van der Waals surface area contributed by atoms with Crippen molar-refractivity contribution in [2.75, 3.05) is 0 Å². The predicted octanol–water partition coefficient (Wildman–Crippen LogP) is -2.83. The van der Waals surface area contributed by atoms with Crippen LogP contribution in [-0.4, -0.2) is 17.9 Å². The smallest absolute Gasteiger partial charge is 0.0721 e. The number of carbonyl (C=O) groups is 3. The Morgan fingerprint density at radius 3 is 1.29 bits per heavy atom. The van der Waals surface area contributed by atoms with Crippen LogP contribution in [0.5, 0.6) is 0 Å². The summed E-state index contributed by atoms with van der Waals surface area (Å²) >= 11 is 0. The summed E-state index contributed by atoms with van der Waals surface area (Å²) in [5.41, 5.74) is -0.727. The van der Waals surface area contributed by atoms with Crippen LogP contribution in [0.1, 0.15) is 27.6 Å². The molecule has 0 bridgehead atoms. The molecule has 7 heteroatoms. The number of carbonyl (C=O) groups excluding carboxylic acids is 3. The zero-order valence-corrected chi connectivity index (χ0v) is 10.0. The second kappa shape index (κ2) is 8.51. The van der Waals surface area contributed by atoms with Gasteiger partial charge in [-0.1, -0.05) is 24.3 Å². The average molecular weight is 331 g/mol. The normalized spacial score (nSPS) is 8.06. The van der Waals surface area contributed by atoms with Crippen LogP contribution in [-0.2, 0) is 27.2 Å².